The molecular formula is C15H23NO. The van der Waals surface area contributed by atoms with E-state index in [1.54, 1.807) is 0 Å². The van der Waals surface area contributed by atoms with Crippen molar-refractivity contribution in [2.45, 2.75) is 45.8 Å². The second-order valence-electron chi connectivity index (χ2n) is 5.28. The molecule has 0 spiro atoms. The van der Waals surface area contributed by atoms with Crippen LogP contribution in [0.25, 0.3) is 0 Å². The highest BCUT2D eigenvalue weighted by Gasteiger charge is 2.22. The van der Waals surface area contributed by atoms with Crippen molar-refractivity contribution in [1.82, 2.24) is 4.90 Å². The summed E-state index contributed by atoms with van der Waals surface area (Å²) in [6, 6.07) is 8.99. The zero-order valence-electron chi connectivity index (χ0n) is 11.1. The summed E-state index contributed by atoms with van der Waals surface area (Å²) >= 11 is 0. The minimum Gasteiger partial charge on any atom is -0.489 e. The first-order valence-electron chi connectivity index (χ1n) is 6.62. The van der Waals surface area contributed by atoms with Gasteiger partial charge >= 0.3 is 0 Å². The monoisotopic (exact) mass is 233 g/mol. The molecule has 1 unspecified atom stereocenters. The van der Waals surface area contributed by atoms with E-state index in [9.17, 15) is 0 Å². The Morgan fingerprint density at radius 2 is 1.94 bits per heavy atom. The normalized spacial score (nSPS) is 21.8. The molecule has 0 radical (unpaired) electrons. The molecule has 1 atom stereocenters. The fourth-order valence-corrected chi connectivity index (χ4v) is 2.34. The number of likely N-dealkylation sites (tertiary alicyclic amines) is 1. The van der Waals surface area contributed by atoms with Gasteiger partial charge < -0.3 is 4.74 Å². The second kappa shape index (κ2) is 5.54. The molecule has 94 valence electrons. The highest BCUT2D eigenvalue weighted by molar-refractivity contribution is 5.26. The Morgan fingerprint density at radius 3 is 2.59 bits per heavy atom. The first-order chi connectivity index (χ1) is 8.15. The summed E-state index contributed by atoms with van der Waals surface area (Å²) in [4.78, 5) is 2.50. The third-order valence-electron chi connectivity index (χ3n) is 3.46. The predicted octanol–water partition coefficient (Wildman–Crippen LogP) is 3.25. The summed E-state index contributed by atoms with van der Waals surface area (Å²) in [7, 11) is 0. The zero-order chi connectivity index (χ0) is 12.3. The minimum atomic E-state index is 0.355. The van der Waals surface area contributed by atoms with Gasteiger partial charge in [0.1, 0.15) is 11.9 Å². The molecule has 0 amide bonds. The van der Waals surface area contributed by atoms with Crippen LogP contribution in [0.15, 0.2) is 24.3 Å². The van der Waals surface area contributed by atoms with E-state index in [4.69, 9.17) is 4.74 Å². The summed E-state index contributed by atoms with van der Waals surface area (Å²) in [6.45, 7) is 8.89. The van der Waals surface area contributed by atoms with Gasteiger partial charge in [0.2, 0.25) is 0 Å². The van der Waals surface area contributed by atoms with Crippen molar-refractivity contribution in [3.05, 3.63) is 29.8 Å². The van der Waals surface area contributed by atoms with Crippen molar-refractivity contribution in [1.29, 1.82) is 0 Å². The smallest absolute Gasteiger partial charge is 0.119 e. The lowest BCUT2D eigenvalue weighted by Crippen LogP contribution is -2.44. The zero-order valence-corrected chi connectivity index (χ0v) is 11.1. The van der Waals surface area contributed by atoms with Gasteiger partial charge in [-0.3, -0.25) is 4.90 Å². The average molecular weight is 233 g/mol. The van der Waals surface area contributed by atoms with Crippen LogP contribution in [0.4, 0.5) is 0 Å². The molecular weight excluding hydrogens is 210 g/mol. The Labute approximate surface area is 105 Å². The topological polar surface area (TPSA) is 12.5 Å². The Balaban J connectivity index is 1.92. The Bertz CT molecular complexity index is 344. The van der Waals surface area contributed by atoms with Crippen LogP contribution in [0.2, 0.25) is 0 Å². The van der Waals surface area contributed by atoms with Crippen LogP contribution in [-0.2, 0) is 0 Å². The molecule has 1 heterocycles. The lowest BCUT2D eigenvalue weighted by Gasteiger charge is -2.35. The van der Waals surface area contributed by atoms with Gasteiger partial charge in [0.25, 0.3) is 0 Å². The number of hydrogen-bond acceptors (Lipinski definition) is 2. The number of piperidine rings is 1. The molecule has 0 aliphatic carbocycles. The van der Waals surface area contributed by atoms with Gasteiger partial charge in [-0.05, 0) is 52.3 Å². The van der Waals surface area contributed by atoms with Gasteiger partial charge in [0.15, 0.2) is 0 Å². The Kier molecular flexibility index (Phi) is 4.06. The molecule has 17 heavy (non-hydrogen) atoms. The fraction of sp³-hybridized carbons (Fsp3) is 0.600. The molecule has 1 saturated heterocycles. The molecule has 0 saturated carbocycles. The number of aryl methyl sites for hydroxylation is 1. The molecule has 2 heteroatoms. The van der Waals surface area contributed by atoms with Crippen molar-refractivity contribution < 1.29 is 4.74 Å². The molecule has 2 rings (SSSR count). The van der Waals surface area contributed by atoms with Crippen LogP contribution in [-0.4, -0.2) is 30.1 Å². The molecule has 0 bridgehead atoms. The average Bonchev–Trinajstić information content (AvgIpc) is 2.32. The lowest BCUT2D eigenvalue weighted by molar-refractivity contribution is 0.0706. The van der Waals surface area contributed by atoms with Crippen LogP contribution in [0.3, 0.4) is 0 Å². The maximum atomic E-state index is 6.05. The third-order valence-corrected chi connectivity index (χ3v) is 3.46. The minimum absolute atomic E-state index is 0.355. The molecule has 1 aromatic carbocycles. The van der Waals surface area contributed by atoms with Crippen LogP contribution >= 0.6 is 0 Å². The second-order valence-corrected chi connectivity index (χ2v) is 5.28. The van der Waals surface area contributed by atoms with Gasteiger partial charge in [-0.25, -0.2) is 0 Å². The van der Waals surface area contributed by atoms with Crippen LogP contribution in [0.1, 0.15) is 32.3 Å². The maximum absolute atomic E-state index is 6.05. The van der Waals surface area contributed by atoms with Gasteiger partial charge in [0.05, 0.1) is 0 Å². The Hall–Kier alpha value is -1.02. The van der Waals surface area contributed by atoms with E-state index >= 15 is 0 Å². The highest BCUT2D eigenvalue weighted by Crippen LogP contribution is 2.20. The molecule has 0 aromatic heterocycles. The molecule has 1 aliphatic rings. The third kappa shape index (κ3) is 3.47. The number of nitrogens with zero attached hydrogens (tertiary/aromatic N) is 1. The summed E-state index contributed by atoms with van der Waals surface area (Å²) in [6.07, 6.45) is 2.78. The summed E-state index contributed by atoms with van der Waals surface area (Å²) in [5.74, 6) is 1.01. The quantitative estimate of drug-likeness (QED) is 0.794. The fourth-order valence-electron chi connectivity index (χ4n) is 2.34. The predicted molar refractivity (Wildman–Crippen MR) is 71.5 cm³/mol. The van der Waals surface area contributed by atoms with Crippen LogP contribution in [0.5, 0.6) is 5.75 Å². The number of rotatable bonds is 3. The first-order valence-corrected chi connectivity index (χ1v) is 6.62. The van der Waals surface area contributed by atoms with Crippen molar-refractivity contribution >= 4 is 0 Å². The maximum Gasteiger partial charge on any atom is 0.119 e. The van der Waals surface area contributed by atoms with Crippen molar-refractivity contribution in [2.75, 3.05) is 13.1 Å². The van der Waals surface area contributed by atoms with Gasteiger partial charge in [-0.1, -0.05) is 17.7 Å². The van der Waals surface area contributed by atoms with Gasteiger partial charge in [-0.2, -0.15) is 0 Å². The van der Waals surface area contributed by atoms with Gasteiger partial charge in [-0.15, -0.1) is 0 Å². The van der Waals surface area contributed by atoms with E-state index in [0.717, 1.165) is 12.3 Å². The molecule has 1 fully saturated rings. The van der Waals surface area contributed by atoms with Crippen molar-refractivity contribution in [2.24, 2.45) is 0 Å². The lowest BCUT2D eigenvalue weighted by atomic mass is 10.1. The molecule has 0 N–H and O–H groups in total. The number of hydrogen-bond donors (Lipinski definition) is 0. The molecule has 1 aromatic rings. The Morgan fingerprint density at radius 1 is 1.24 bits per heavy atom. The summed E-state index contributed by atoms with van der Waals surface area (Å²) in [5.41, 5.74) is 1.28. The number of ether oxygens (including phenoxy) is 1. The van der Waals surface area contributed by atoms with Crippen molar-refractivity contribution in [3.63, 3.8) is 0 Å². The largest absolute Gasteiger partial charge is 0.489 e. The molecule has 2 nitrogen and oxygen atoms in total. The van der Waals surface area contributed by atoms with Gasteiger partial charge in [0, 0.05) is 12.6 Å². The van der Waals surface area contributed by atoms with E-state index in [-0.39, 0.29) is 0 Å². The summed E-state index contributed by atoms with van der Waals surface area (Å²) < 4.78 is 6.05. The first kappa shape index (κ1) is 12.4. The van der Waals surface area contributed by atoms with E-state index in [0.29, 0.717) is 12.1 Å². The van der Waals surface area contributed by atoms with Crippen molar-refractivity contribution in [3.8, 4) is 5.75 Å². The highest BCUT2D eigenvalue weighted by atomic mass is 16.5. The van der Waals surface area contributed by atoms with E-state index < -0.39 is 0 Å². The summed E-state index contributed by atoms with van der Waals surface area (Å²) in [5, 5.41) is 0. The van der Waals surface area contributed by atoms with E-state index in [2.05, 4.69) is 49.9 Å². The van der Waals surface area contributed by atoms with E-state index in [1.165, 1.54) is 24.9 Å². The SMILES string of the molecule is Cc1ccc(OC2CCCN(C(C)C)C2)cc1. The standard InChI is InChI=1S/C15H23NO/c1-12(2)16-10-4-5-15(11-16)17-14-8-6-13(3)7-9-14/h6-9,12,15H,4-5,10-11H2,1-3H3. The number of benzene rings is 1. The van der Waals surface area contributed by atoms with Crippen LogP contribution in [0, 0.1) is 6.92 Å². The van der Waals surface area contributed by atoms with E-state index in [1.807, 2.05) is 0 Å². The van der Waals surface area contributed by atoms with Crippen LogP contribution < -0.4 is 4.74 Å². The molecule has 1 aliphatic heterocycles.